The van der Waals surface area contributed by atoms with Crippen molar-refractivity contribution >= 4 is 0 Å². The van der Waals surface area contributed by atoms with Crippen molar-refractivity contribution in [1.82, 2.24) is 5.32 Å². The van der Waals surface area contributed by atoms with Crippen LogP contribution < -0.4 is 5.32 Å². The first-order valence-electron chi connectivity index (χ1n) is 7.83. The van der Waals surface area contributed by atoms with Gasteiger partial charge in [0.15, 0.2) is 0 Å². The second-order valence-electron chi connectivity index (χ2n) is 6.04. The quantitative estimate of drug-likeness (QED) is 0.843. The van der Waals surface area contributed by atoms with E-state index in [1.165, 1.54) is 44.5 Å². The van der Waals surface area contributed by atoms with Gasteiger partial charge in [-0.2, -0.15) is 0 Å². The molecule has 0 fully saturated rings. The van der Waals surface area contributed by atoms with Crippen LogP contribution in [0.3, 0.4) is 0 Å². The van der Waals surface area contributed by atoms with Crippen LogP contribution in [-0.4, -0.2) is 7.05 Å². The number of nitrogens with one attached hydrogen (secondary N) is 1. The van der Waals surface area contributed by atoms with E-state index in [1.54, 1.807) is 0 Å². The van der Waals surface area contributed by atoms with Crippen molar-refractivity contribution < 1.29 is 0 Å². The van der Waals surface area contributed by atoms with Gasteiger partial charge < -0.3 is 5.32 Å². The van der Waals surface area contributed by atoms with Crippen molar-refractivity contribution in [2.75, 3.05) is 7.05 Å². The van der Waals surface area contributed by atoms with Gasteiger partial charge in [0, 0.05) is 6.54 Å². The van der Waals surface area contributed by atoms with Crippen molar-refractivity contribution in [1.29, 1.82) is 0 Å². The highest BCUT2D eigenvalue weighted by Gasteiger charge is 2.09. The van der Waals surface area contributed by atoms with Gasteiger partial charge in [-0.3, -0.25) is 0 Å². The van der Waals surface area contributed by atoms with E-state index in [4.69, 9.17) is 0 Å². The third-order valence-electron chi connectivity index (χ3n) is 4.63. The molecule has 1 N–H and O–H groups in total. The molecule has 0 amide bonds. The maximum absolute atomic E-state index is 3.27. The van der Waals surface area contributed by atoms with Crippen LogP contribution >= 0.6 is 0 Å². The van der Waals surface area contributed by atoms with Crippen LogP contribution in [0.2, 0.25) is 0 Å². The molecular formula is C20H27N. The molecule has 0 saturated heterocycles. The summed E-state index contributed by atoms with van der Waals surface area (Å²) < 4.78 is 0. The highest BCUT2D eigenvalue weighted by molar-refractivity contribution is 5.68. The van der Waals surface area contributed by atoms with E-state index in [2.05, 4.69) is 64.2 Å². The fourth-order valence-electron chi connectivity index (χ4n) is 2.94. The molecular weight excluding hydrogens is 254 g/mol. The summed E-state index contributed by atoms with van der Waals surface area (Å²) in [7, 11) is 2.01. The fraction of sp³-hybridized carbons (Fsp3) is 0.400. The number of hydrogen-bond acceptors (Lipinski definition) is 1. The summed E-state index contributed by atoms with van der Waals surface area (Å²) in [6.45, 7) is 12.0. The van der Waals surface area contributed by atoms with Crippen LogP contribution in [0, 0.1) is 27.7 Å². The average molecular weight is 281 g/mol. The van der Waals surface area contributed by atoms with Gasteiger partial charge in [0.25, 0.3) is 0 Å². The summed E-state index contributed by atoms with van der Waals surface area (Å²) >= 11 is 0. The van der Waals surface area contributed by atoms with Crippen molar-refractivity contribution in [3.63, 3.8) is 0 Å². The Morgan fingerprint density at radius 3 is 1.71 bits per heavy atom. The predicted octanol–water partition coefficient (Wildman–Crippen LogP) is 4.87. The van der Waals surface area contributed by atoms with E-state index in [0.29, 0.717) is 0 Å². The van der Waals surface area contributed by atoms with Crippen LogP contribution in [0.1, 0.15) is 40.3 Å². The number of hydrogen-bond donors (Lipinski definition) is 1. The van der Waals surface area contributed by atoms with Gasteiger partial charge in [-0.15, -0.1) is 0 Å². The molecule has 0 aromatic heterocycles. The van der Waals surface area contributed by atoms with Gasteiger partial charge in [0.05, 0.1) is 0 Å². The normalized spacial score (nSPS) is 11.0. The topological polar surface area (TPSA) is 12.0 Å². The van der Waals surface area contributed by atoms with Gasteiger partial charge in [0.2, 0.25) is 0 Å². The Hall–Kier alpha value is -1.60. The summed E-state index contributed by atoms with van der Waals surface area (Å²) in [5.74, 6) is 0. The minimum Gasteiger partial charge on any atom is -0.316 e. The SMILES string of the molecule is CCc1cc(-c2cc(C)c(C)c(CNC)c2)cc(C)c1C. The van der Waals surface area contributed by atoms with Crippen molar-refractivity contribution in [3.8, 4) is 11.1 Å². The molecule has 0 unspecified atom stereocenters. The zero-order chi connectivity index (χ0) is 15.6. The number of benzene rings is 2. The lowest BCUT2D eigenvalue weighted by atomic mass is 9.91. The van der Waals surface area contributed by atoms with E-state index in [9.17, 15) is 0 Å². The van der Waals surface area contributed by atoms with E-state index in [1.807, 2.05) is 7.05 Å². The summed E-state index contributed by atoms with van der Waals surface area (Å²) in [5, 5.41) is 3.27. The van der Waals surface area contributed by atoms with Gasteiger partial charge in [-0.1, -0.05) is 25.1 Å². The molecule has 2 rings (SSSR count). The molecule has 0 heterocycles. The van der Waals surface area contributed by atoms with Crippen LogP contribution in [0.25, 0.3) is 11.1 Å². The van der Waals surface area contributed by atoms with Crippen LogP contribution in [0.4, 0.5) is 0 Å². The molecule has 0 aliphatic rings. The Morgan fingerprint density at radius 2 is 1.24 bits per heavy atom. The van der Waals surface area contributed by atoms with E-state index < -0.39 is 0 Å². The van der Waals surface area contributed by atoms with Gasteiger partial charge >= 0.3 is 0 Å². The smallest absolute Gasteiger partial charge is 0.0205 e. The lowest BCUT2D eigenvalue weighted by molar-refractivity contribution is 0.811. The number of rotatable bonds is 4. The molecule has 0 aliphatic carbocycles. The average Bonchev–Trinajstić information content (AvgIpc) is 2.46. The highest BCUT2D eigenvalue weighted by Crippen LogP contribution is 2.29. The van der Waals surface area contributed by atoms with Gasteiger partial charge in [0.1, 0.15) is 0 Å². The van der Waals surface area contributed by atoms with Gasteiger partial charge in [-0.25, -0.2) is 0 Å². The summed E-state index contributed by atoms with van der Waals surface area (Å²) in [6.07, 6.45) is 1.09. The Balaban J connectivity index is 2.59. The predicted molar refractivity (Wildman–Crippen MR) is 93.0 cm³/mol. The van der Waals surface area contributed by atoms with E-state index in [-0.39, 0.29) is 0 Å². The van der Waals surface area contributed by atoms with E-state index >= 15 is 0 Å². The Bertz CT molecular complexity index is 653. The van der Waals surface area contributed by atoms with Crippen LogP contribution in [0.5, 0.6) is 0 Å². The molecule has 112 valence electrons. The third kappa shape index (κ3) is 3.19. The Morgan fingerprint density at radius 1 is 0.762 bits per heavy atom. The fourth-order valence-corrected chi connectivity index (χ4v) is 2.94. The molecule has 0 spiro atoms. The minimum atomic E-state index is 0.923. The van der Waals surface area contributed by atoms with E-state index in [0.717, 1.165) is 13.0 Å². The zero-order valence-electron chi connectivity index (χ0n) is 14.2. The molecule has 2 aromatic rings. The Kier molecular flexibility index (Phi) is 4.84. The number of aryl methyl sites for hydroxylation is 3. The second-order valence-corrected chi connectivity index (χ2v) is 6.04. The maximum atomic E-state index is 3.27. The Labute approximate surface area is 129 Å². The molecule has 1 nitrogen and oxygen atoms in total. The lowest BCUT2D eigenvalue weighted by Crippen LogP contribution is -2.07. The molecule has 2 aromatic carbocycles. The van der Waals surface area contributed by atoms with Gasteiger partial charge in [-0.05, 0) is 91.7 Å². The monoisotopic (exact) mass is 281 g/mol. The minimum absolute atomic E-state index is 0.923. The van der Waals surface area contributed by atoms with Crippen molar-refractivity contribution in [2.45, 2.75) is 47.6 Å². The summed E-state index contributed by atoms with van der Waals surface area (Å²) in [4.78, 5) is 0. The van der Waals surface area contributed by atoms with Crippen LogP contribution in [0.15, 0.2) is 24.3 Å². The van der Waals surface area contributed by atoms with Crippen molar-refractivity contribution in [2.24, 2.45) is 0 Å². The zero-order valence-corrected chi connectivity index (χ0v) is 14.2. The molecule has 0 radical (unpaired) electrons. The summed E-state index contributed by atoms with van der Waals surface area (Å²) in [6, 6.07) is 9.33. The molecule has 1 heteroatoms. The summed E-state index contributed by atoms with van der Waals surface area (Å²) in [5.41, 5.74) is 11.1. The lowest BCUT2D eigenvalue weighted by Gasteiger charge is -2.15. The first-order valence-corrected chi connectivity index (χ1v) is 7.83. The van der Waals surface area contributed by atoms with Crippen molar-refractivity contribution in [3.05, 3.63) is 57.6 Å². The maximum Gasteiger partial charge on any atom is 0.0205 e. The largest absolute Gasteiger partial charge is 0.316 e. The molecule has 21 heavy (non-hydrogen) atoms. The first-order chi connectivity index (χ1) is 9.97. The first kappa shape index (κ1) is 15.8. The molecule has 0 bridgehead atoms. The molecule has 0 saturated carbocycles. The highest BCUT2D eigenvalue weighted by atomic mass is 14.8. The third-order valence-corrected chi connectivity index (χ3v) is 4.63. The second kappa shape index (κ2) is 6.44. The molecule has 0 atom stereocenters. The van der Waals surface area contributed by atoms with Crippen LogP contribution in [-0.2, 0) is 13.0 Å². The molecule has 0 aliphatic heterocycles. The standard InChI is InChI=1S/C20H27N/c1-7-17-10-18(8-13(2)15(17)4)19-9-14(3)16(5)20(11-19)12-21-6/h8-11,21H,7,12H2,1-6H3.